The Kier molecular flexibility index (Phi) is 2.52. The van der Waals surface area contributed by atoms with E-state index in [2.05, 4.69) is 17.3 Å². The average Bonchev–Trinajstić information content (AvgIpc) is 3.12. The molecule has 1 N–H and O–H groups in total. The number of rotatable bonds is 4. The molecule has 86 valence electrons. The molecule has 1 aliphatic heterocycles. The lowest BCUT2D eigenvalue weighted by molar-refractivity contribution is 0.158. The summed E-state index contributed by atoms with van der Waals surface area (Å²) in [7, 11) is 2.10. The van der Waals surface area contributed by atoms with Crippen LogP contribution in [0.1, 0.15) is 38.5 Å². The summed E-state index contributed by atoms with van der Waals surface area (Å²) in [5.74, 6) is 1.12. The second kappa shape index (κ2) is 3.74. The predicted octanol–water partition coefficient (Wildman–Crippen LogP) is 1.86. The molecule has 3 rings (SSSR count). The highest BCUT2D eigenvalue weighted by atomic mass is 15.2. The van der Waals surface area contributed by atoms with Crippen molar-refractivity contribution in [3.8, 4) is 0 Å². The van der Waals surface area contributed by atoms with Crippen molar-refractivity contribution in [2.75, 3.05) is 26.7 Å². The molecule has 0 radical (unpaired) electrons. The van der Waals surface area contributed by atoms with Gasteiger partial charge in [-0.1, -0.05) is 0 Å². The Morgan fingerprint density at radius 3 is 2.27 bits per heavy atom. The number of piperidine rings is 1. The van der Waals surface area contributed by atoms with Crippen LogP contribution in [0.5, 0.6) is 0 Å². The van der Waals surface area contributed by atoms with E-state index in [-0.39, 0.29) is 0 Å². The number of nitrogens with zero attached hydrogens (tertiary/aromatic N) is 1. The second-order valence-corrected chi connectivity index (χ2v) is 5.98. The molecule has 1 saturated heterocycles. The molecule has 0 atom stereocenters. The van der Waals surface area contributed by atoms with Crippen LogP contribution in [0.4, 0.5) is 0 Å². The fourth-order valence-electron chi connectivity index (χ4n) is 3.38. The molecule has 0 amide bonds. The molecule has 0 aromatic heterocycles. The Labute approximate surface area is 93.4 Å². The van der Waals surface area contributed by atoms with Crippen molar-refractivity contribution in [3.05, 3.63) is 0 Å². The molecule has 0 unspecified atom stereocenters. The van der Waals surface area contributed by atoms with Crippen LogP contribution in [0, 0.1) is 11.3 Å². The Bertz CT molecular complexity index is 223. The Hall–Kier alpha value is -0.0800. The lowest BCUT2D eigenvalue weighted by Crippen LogP contribution is -2.43. The molecular weight excluding hydrogens is 184 g/mol. The monoisotopic (exact) mass is 208 g/mol. The SMILES string of the molecule is CNC1CCN(CC2(C3CC3)CC2)CC1. The molecule has 3 aliphatic rings. The van der Waals surface area contributed by atoms with Crippen molar-refractivity contribution in [2.24, 2.45) is 11.3 Å². The van der Waals surface area contributed by atoms with E-state index in [9.17, 15) is 0 Å². The zero-order chi connectivity index (χ0) is 10.3. The third kappa shape index (κ3) is 2.07. The topological polar surface area (TPSA) is 15.3 Å². The highest BCUT2D eigenvalue weighted by Gasteiger charge is 2.54. The van der Waals surface area contributed by atoms with Crippen LogP contribution in [-0.2, 0) is 0 Å². The summed E-state index contributed by atoms with van der Waals surface area (Å²) in [6.45, 7) is 4.09. The first-order chi connectivity index (χ1) is 7.32. The van der Waals surface area contributed by atoms with E-state index < -0.39 is 0 Å². The molecule has 0 bridgehead atoms. The average molecular weight is 208 g/mol. The number of hydrogen-bond donors (Lipinski definition) is 1. The number of hydrogen-bond acceptors (Lipinski definition) is 2. The van der Waals surface area contributed by atoms with E-state index in [0.29, 0.717) is 0 Å². The quantitative estimate of drug-likeness (QED) is 0.758. The van der Waals surface area contributed by atoms with Gasteiger partial charge in [0, 0.05) is 12.6 Å². The lowest BCUT2D eigenvalue weighted by atomic mass is 9.97. The summed E-state index contributed by atoms with van der Waals surface area (Å²) >= 11 is 0. The van der Waals surface area contributed by atoms with Crippen molar-refractivity contribution < 1.29 is 0 Å². The molecule has 0 aromatic rings. The Morgan fingerprint density at radius 1 is 1.13 bits per heavy atom. The molecule has 2 aliphatic carbocycles. The van der Waals surface area contributed by atoms with Gasteiger partial charge in [-0.05, 0) is 70.0 Å². The molecule has 3 fully saturated rings. The van der Waals surface area contributed by atoms with Crippen LogP contribution in [0.2, 0.25) is 0 Å². The summed E-state index contributed by atoms with van der Waals surface area (Å²) in [6, 6.07) is 0.789. The van der Waals surface area contributed by atoms with Gasteiger partial charge in [0.2, 0.25) is 0 Å². The van der Waals surface area contributed by atoms with Crippen molar-refractivity contribution in [1.82, 2.24) is 10.2 Å². The molecule has 2 heteroatoms. The minimum Gasteiger partial charge on any atom is -0.317 e. The van der Waals surface area contributed by atoms with Crippen LogP contribution in [0.15, 0.2) is 0 Å². The van der Waals surface area contributed by atoms with Gasteiger partial charge in [-0.15, -0.1) is 0 Å². The van der Waals surface area contributed by atoms with Gasteiger partial charge in [0.05, 0.1) is 0 Å². The fourth-order valence-corrected chi connectivity index (χ4v) is 3.38. The predicted molar refractivity (Wildman–Crippen MR) is 62.9 cm³/mol. The van der Waals surface area contributed by atoms with E-state index in [0.717, 1.165) is 17.4 Å². The van der Waals surface area contributed by atoms with Gasteiger partial charge in [0.1, 0.15) is 0 Å². The van der Waals surface area contributed by atoms with Crippen LogP contribution in [-0.4, -0.2) is 37.6 Å². The first-order valence-electron chi connectivity index (χ1n) is 6.72. The van der Waals surface area contributed by atoms with Gasteiger partial charge in [0.15, 0.2) is 0 Å². The summed E-state index contributed by atoms with van der Waals surface area (Å²) in [5, 5.41) is 3.41. The van der Waals surface area contributed by atoms with Gasteiger partial charge in [-0.2, -0.15) is 0 Å². The standard InChI is InChI=1S/C13H24N2/c1-14-12-4-8-15(9-5-12)10-13(6-7-13)11-2-3-11/h11-12,14H,2-10H2,1H3. The molecule has 15 heavy (non-hydrogen) atoms. The summed E-state index contributed by atoms with van der Waals surface area (Å²) in [4.78, 5) is 2.74. The van der Waals surface area contributed by atoms with E-state index >= 15 is 0 Å². The third-order valence-corrected chi connectivity index (χ3v) is 4.87. The minimum absolute atomic E-state index is 0.789. The summed E-state index contributed by atoms with van der Waals surface area (Å²) in [6.07, 6.45) is 8.85. The minimum atomic E-state index is 0.789. The molecule has 2 nitrogen and oxygen atoms in total. The summed E-state index contributed by atoms with van der Waals surface area (Å²) in [5.41, 5.74) is 0.812. The molecule has 0 spiro atoms. The van der Waals surface area contributed by atoms with Crippen LogP contribution in [0.3, 0.4) is 0 Å². The second-order valence-electron chi connectivity index (χ2n) is 5.98. The first kappa shape index (κ1) is 10.1. The Morgan fingerprint density at radius 2 is 1.80 bits per heavy atom. The first-order valence-corrected chi connectivity index (χ1v) is 6.72. The van der Waals surface area contributed by atoms with Crippen LogP contribution >= 0.6 is 0 Å². The van der Waals surface area contributed by atoms with E-state index in [1.807, 2.05) is 0 Å². The molecular formula is C13H24N2. The van der Waals surface area contributed by atoms with Gasteiger partial charge >= 0.3 is 0 Å². The smallest absolute Gasteiger partial charge is 0.00884 e. The third-order valence-electron chi connectivity index (χ3n) is 4.87. The number of likely N-dealkylation sites (tertiary alicyclic amines) is 1. The normalized spacial score (nSPS) is 31.8. The molecule has 1 heterocycles. The van der Waals surface area contributed by atoms with E-state index in [1.54, 1.807) is 0 Å². The van der Waals surface area contributed by atoms with Crippen molar-refractivity contribution in [3.63, 3.8) is 0 Å². The van der Waals surface area contributed by atoms with Crippen molar-refractivity contribution >= 4 is 0 Å². The zero-order valence-corrected chi connectivity index (χ0v) is 9.97. The highest BCUT2D eigenvalue weighted by molar-refractivity contribution is 5.05. The maximum absolute atomic E-state index is 3.41. The zero-order valence-electron chi connectivity index (χ0n) is 9.97. The largest absolute Gasteiger partial charge is 0.317 e. The van der Waals surface area contributed by atoms with E-state index in [4.69, 9.17) is 0 Å². The van der Waals surface area contributed by atoms with Gasteiger partial charge in [-0.3, -0.25) is 0 Å². The summed E-state index contributed by atoms with van der Waals surface area (Å²) < 4.78 is 0. The van der Waals surface area contributed by atoms with Crippen molar-refractivity contribution in [1.29, 1.82) is 0 Å². The molecule has 0 aromatic carbocycles. The van der Waals surface area contributed by atoms with E-state index in [1.165, 1.54) is 58.2 Å². The van der Waals surface area contributed by atoms with Gasteiger partial charge < -0.3 is 10.2 Å². The van der Waals surface area contributed by atoms with Gasteiger partial charge in [-0.25, -0.2) is 0 Å². The van der Waals surface area contributed by atoms with Crippen LogP contribution < -0.4 is 5.32 Å². The maximum atomic E-state index is 3.41. The lowest BCUT2D eigenvalue weighted by Gasteiger charge is -2.34. The Balaban J connectivity index is 1.48. The number of nitrogens with one attached hydrogen (secondary N) is 1. The highest BCUT2D eigenvalue weighted by Crippen LogP contribution is 2.61. The van der Waals surface area contributed by atoms with Crippen LogP contribution in [0.25, 0.3) is 0 Å². The maximum Gasteiger partial charge on any atom is 0.00884 e. The van der Waals surface area contributed by atoms with Crippen molar-refractivity contribution in [2.45, 2.75) is 44.6 Å². The molecule has 2 saturated carbocycles. The van der Waals surface area contributed by atoms with Gasteiger partial charge in [0.25, 0.3) is 0 Å². The fraction of sp³-hybridized carbons (Fsp3) is 1.00.